The first kappa shape index (κ1) is 14.7. The summed E-state index contributed by atoms with van der Waals surface area (Å²) in [4.78, 5) is 13.7. The van der Waals surface area contributed by atoms with Gasteiger partial charge in [0.05, 0.1) is 6.04 Å². The summed E-state index contributed by atoms with van der Waals surface area (Å²) in [6.45, 7) is 4.52. The minimum atomic E-state index is -0.518. The molecule has 1 aromatic carbocycles. The molecule has 0 spiro atoms. The number of ether oxygens (including phenoxy) is 1. The molecule has 18 heavy (non-hydrogen) atoms. The van der Waals surface area contributed by atoms with E-state index in [0.717, 1.165) is 16.8 Å². The van der Waals surface area contributed by atoms with E-state index in [0.29, 0.717) is 13.0 Å². The van der Waals surface area contributed by atoms with Gasteiger partial charge >= 0.3 is 0 Å². The monoisotopic (exact) mass is 250 g/mol. The number of nitrogens with zero attached hydrogens (tertiary/aromatic N) is 1. The van der Waals surface area contributed by atoms with E-state index in [1.165, 1.54) is 0 Å². The third kappa shape index (κ3) is 3.82. The molecule has 4 heteroatoms. The number of hydrogen-bond donors (Lipinski definition) is 1. The Hall–Kier alpha value is -1.39. The summed E-state index contributed by atoms with van der Waals surface area (Å²) >= 11 is 0. The van der Waals surface area contributed by atoms with E-state index in [1.807, 2.05) is 26.0 Å². The first-order valence-electron chi connectivity index (χ1n) is 6.06. The second-order valence-electron chi connectivity index (χ2n) is 4.63. The van der Waals surface area contributed by atoms with Crippen LogP contribution in [0.25, 0.3) is 0 Å². The van der Waals surface area contributed by atoms with Gasteiger partial charge in [0.1, 0.15) is 0 Å². The molecule has 0 saturated carbocycles. The molecule has 1 unspecified atom stereocenters. The summed E-state index contributed by atoms with van der Waals surface area (Å²) in [6, 6.07) is 5.52. The zero-order valence-corrected chi connectivity index (χ0v) is 11.6. The fraction of sp³-hybridized carbons (Fsp3) is 0.500. The van der Waals surface area contributed by atoms with Crippen molar-refractivity contribution in [1.82, 2.24) is 0 Å². The average Bonchev–Trinajstić information content (AvgIpc) is 2.32. The van der Waals surface area contributed by atoms with Gasteiger partial charge in [-0.25, -0.2) is 0 Å². The van der Waals surface area contributed by atoms with Crippen LogP contribution in [0.5, 0.6) is 0 Å². The minimum Gasteiger partial charge on any atom is -0.385 e. The number of likely N-dealkylation sites (N-methyl/N-ethyl adjacent to an activating group) is 1. The SMILES string of the molecule is COCCC(N)C(=O)N(C)c1cc(C)cc(C)c1. The fourth-order valence-electron chi connectivity index (χ4n) is 1.89. The van der Waals surface area contributed by atoms with Crippen LogP contribution in [0.3, 0.4) is 0 Å². The third-order valence-electron chi connectivity index (χ3n) is 2.87. The number of hydrogen-bond acceptors (Lipinski definition) is 3. The van der Waals surface area contributed by atoms with Crippen molar-refractivity contribution >= 4 is 11.6 Å². The minimum absolute atomic E-state index is 0.0861. The van der Waals surface area contributed by atoms with Crippen molar-refractivity contribution in [2.45, 2.75) is 26.3 Å². The van der Waals surface area contributed by atoms with Crippen molar-refractivity contribution in [3.05, 3.63) is 29.3 Å². The first-order chi connectivity index (χ1) is 8.45. The van der Waals surface area contributed by atoms with Crippen LogP contribution in [0.15, 0.2) is 18.2 Å². The lowest BCUT2D eigenvalue weighted by molar-refractivity contribution is -0.119. The molecule has 0 saturated heterocycles. The fourth-order valence-corrected chi connectivity index (χ4v) is 1.89. The molecule has 0 aliphatic carbocycles. The van der Waals surface area contributed by atoms with E-state index in [1.54, 1.807) is 19.1 Å². The molecule has 2 N–H and O–H groups in total. The predicted octanol–water partition coefficient (Wildman–Crippen LogP) is 1.63. The molecule has 1 amide bonds. The summed E-state index contributed by atoms with van der Waals surface area (Å²) in [5.41, 5.74) is 9.00. The third-order valence-corrected chi connectivity index (χ3v) is 2.87. The van der Waals surface area contributed by atoms with Crippen LogP contribution in [0.1, 0.15) is 17.5 Å². The zero-order valence-electron chi connectivity index (χ0n) is 11.6. The van der Waals surface area contributed by atoms with Gasteiger partial charge < -0.3 is 15.4 Å². The predicted molar refractivity (Wildman–Crippen MR) is 73.8 cm³/mol. The number of amides is 1. The van der Waals surface area contributed by atoms with Gasteiger partial charge in [0.2, 0.25) is 5.91 Å². The maximum Gasteiger partial charge on any atom is 0.243 e. The van der Waals surface area contributed by atoms with E-state index >= 15 is 0 Å². The molecule has 0 bridgehead atoms. The number of benzene rings is 1. The van der Waals surface area contributed by atoms with Crippen molar-refractivity contribution in [2.24, 2.45) is 5.73 Å². The number of rotatable bonds is 5. The quantitative estimate of drug-likeness (QED) is 0.864. The highest BCUT2D eigenvalue weighted by atomic mass is 16.5. The molecule has 1 atom stereocenters. The van der Waals surface area contributed by atoms with Gasteiger partial charge in [0.15, 0.2) is 0 Å². The first-order valence-corrected chi connectivity index (χ1v) is 6.06. The van der Waals surface area contributed by atoms with Gasteiger partial charge in [-0.15, -0.1) is 0 Å². The molecule has 0 aromatic heterocycles. The van der Waals surface area contributed by atoms with E-state index in [-0.39, 0.29) is 5.91 Å². The van der Waals surface area contributed by atoms with Crippen LogP contribution in [0.4, 0.5) is 5.69 Å². The van der Waals surface area contributed by atoms with Gasteiger partial charge in [-0.1, -0.05) is 6.07 Å². The van der Waals surface area contributed by atoms with Crippen molar-refractivity contribution in [2.75, 3.05) is 25.7 Å². The maximum absolute atomic E-state index is 12.1. The van der Waals surface area contributed by atoms with Crippen molar-refractivity contribution in [1.29, 1.82) is 0 Å². The van der Waals surface area contributed by atoms with Gasteiger partial charge in [0.25, 0.3) is 0 Å². The molecule has 1 rings (SSSR count). The Morgan fingerprint density at radius 1 is 1.33 bits per heavy atom. The number of methoxy groups -OCH3 is 1. The molecular formula is C14H22N2O2. The Balaban J connectivity index is 2.79. The van der Waals surface area contributed by atoms with Crippen LogP contribution in [-0.4, -0.2) is 32.7 Å². The Morgan fingerprint density at radius 2 is 1.89 bits per heavy atom. The summed E-state index contributed by atoms with van der Waals surface area (Å²) in [5.74, 6) is -0.0861. The molecule has 100 valence electrons. The second kappa shape index (κ2) is 6.52. The Morgan fingerprint density at radius 3 is 2.39 bits per heavy atom. The van der Waals surface area contributed by atoms with Crippen molar-refractivity contribution < 1.29 is 9.53 Å². The van der Waals surface area contributed by atoms with Crippen LogP contribution >= 0.6 is 0 Å². The van der Waals surface area contributed by atoms with Gasteiger partial charge in [-0.3, -0.25) is 4.79 Å². The highest BCUT2D eigenvalue weighted by Crippen LogP contribution is 2.18. The van der Waals surface area contributed by atoms with Gasteiger partial charge in [-0.05, 0) is 43.5 Å². The van der Waals surface area contributed by atoms with E-state index in [4.69, 9.17) is 10.5 Å². The van der Waals surface area contributed by atoms with E-state index in [9.17, 15) is 4.79 Å². The van der Waals surface area contributed by atoms with Crippen LogP contribution in [-0.2, 0) is 9.53 Å². The molecule has 0 fully saturated rings. The highest BCUT2D eigenvalue weighted by Gasteiger charge is 2.19. The number of carbonyl (C=O) groups is 1. The lowest BCUT2D eigenvalue weighted by atomic mass is 10.1. The highest BCUT2D eigenvalue weighted by molar-refractivity contribution is 5.96. The lowest BCUT2D eigenvalue weighted by Crippen LogP contribution is -2.42. The van der Waals surface area contributed by atoms with Gasteiger partial charge in [0, 0.05) is 26.5 Å². The Kier molecular flexibility index (Phi) is 5.31. The summed E-state index contributed by atoms with van der Waals surface area (Å²) in [5, 5.41) is 0. The van der Waals surface area contributed by atoms with E-state index < -0.39 is 6.04 Å². The van der Waals surface area contributed by atoms with Crippen LogP contribution < -0.4 is 10.6 Å². The standard InChI is InChI=1S/C14H22N2O2/c1-10-7-11(2)9-12(8-10)16(3)14(17)13(15)5-6-18-4/h7-9,13H,5-6,15H2,1-4H3. The summed E-state index contributed by atoms with van der Waals surface area (Å²) in [7, 11) is 3.36. The molecular weight excluding hydrogens is 228 g/mol. The molecule has 4 nitrogen and oxygen atoms in total. The number of aryl methyl sites for hydroxylation is 2. The molecule has 0 heterocycles. The maximum atomic E-state index is 12.1. The van der Waals surface area contributed by atoms with E-state index in [2.05, 4.69) is 6.07 Å². The lowest BCUT2D eigenvalue weighted by Gasteiger charge is -2.22. The smallest absolute Gasteiger partial charge is 0.243 e. The zero-order chi connectivity index (χ0) is 13.7. The average molecular weight is 250 g/mol. The van der Waals surface area contributed by atoms with Crippen molar-refractivity contribution in [3.8, 4) is 0 Å². The molecule has 0 radical (unpaired) electrons. The number of carbonyl (C=O) groups excluding carboxylic acids is 1. The van der Waals surface area contributed by atoms with Crippen LogP contribution in [0.2, 0.25) is 0 Å². The Bertz CT molecular complexity index is 398. The number of anilines is 1. The van der Waals surface area contributed by atoms with Gasteiger partial charge in [-0.2, -0.15) is 0 Å². The second-order valence-corrected chi connectivity index (χ2v) is 4.63. The molecule has 1 aromatic rings. The summed E-state index contributed by atoms with van der Waals surface area (Å²) in [6.07, 6.45) is 0.532. The Labute approximate surface area is 109 Å². The molecule has 0 aliphatic heterocycles. The number of nitrogens with two attached hydrogens (primary N) is 1. The van der Waals surface area contributed by atoms with Crippen molar-refractivity contribution in [3.63, 3.8) is 0 Å². The normalized spacial score (nSPS) is 12.3. The topological polar surface area (TPSA) is 55.6 Å². The largest absolute Gasteiger partial charge is 0.385 e. The molecule has 0 aliphatic rings. The van der Waals surface area contributed by atoms with Crippen LogP contribution in [0, 0.1) is 13.8 Å². The summed E-state index contributed by atoms with van der Waals surface area (Å²) < 4.78 is 4.94.